The highest BCUT2D eigenvalue weighted by Crippen LogP contribution is 2.24. The summed E-state index contributed by atoms with van der Waals surface area (Å²) in [5, 5.41) is 13.5. The van der Waals surface area contributed by atoms with Crippen LogP contribution in [0.4, 0.5) is 5.69 Å². The van der Waals surface area contributed by atoms with Gasteiger partial charge in [-0.2, -0.15) is 5.10 Å². The summed E-state index contributed by atoms with van der Waals surface area (Å²) < 4.78 is 6.98. The maximum absolute atomic E-state index is 12.3. The van der Waals surface area contributed by atoms with Crippen molar-refractivity contribution in [1.82, 2.24) is 19.9 Å². The molecule has 1 aromatic carbocycles. The Morgan fingerprint density at radius 3 is 2.92 bits per heavy atom. The van der Waals surface area contributed by atoms with Crippen LogP contribution in [0.3, 0.4) is 0 Å². The van der Waals surface area contributed by atoms with Crippen molar-refractivity contribution in [1.29, 1.82) is 0 Å². The molecule has 3 aromatic heterocycles. The van der Waals surface area contributed by atoms with Crippen molar-refractivity contribution in [3.05, 3.63) is 71.1 Å². The number of thiazole rings is 1. The van der Waals surface area contributed by atoms with Crippen LogP contribution < -0.4 is 5.32 Å². The first-order valence-corrected chi connectivity index (χ1v) is 8.82. The van der Waals surface area contributed by atoms with Crippen LogP contribution in [-0.2, 0) is 6.54 Å². The van der Waals surface area contributed by atoms with Gasteiger partial charge in [0, 0.05) is 23.3 Å². The molecule has 8 heteroatoms. The molecule has 0 atom stereocenters. The van der Waals surface area contributed by atoms with Gasteiger partial charge in [0.1, 0.15) is 0 Å². The van der Waals surface area contributed by atoms with E-state index in [1.54, 1.807) is 23.1 Å². The average molecular weight is 365 g/mol. The highest BCUT2D eigenvalue weighted by molar-refractivity contribution is 7.13. The predicted molar refractivity (Wildman–Crippen MR) is 98.1 cm³/mol. The lowest BCUT2D eigenvalue weighted by molar-refractivity contribution is 0.101. The first-order valence-electron chi connectivity index (χ1n) is 7.94. The molecule has 3 heterocycles. The lowest BCUT2D eigenvalue weighted by atomic mass is 10.2. The molecule has 0 bridgehead atoms. The Kier molecular flexibility index (Phi) is 4.32. The van der Waals surface area contributed by atoms with Crippen LogP contribution in [0.5, 0.6) is 0 Å². The number of hydrogen-bond acceptors (Lipinski definition) is 6. The molecule has 0 aliphatic heterocycles. The van der Waals surface area contributed by atoms with Crippen molar-refractivity contribution in [2.45, 2.75) is 13.5 Å². The lowest BCUT2D eigenvalue weighted by Gasteiger charge is -2.01. The fourth-order valence-corrected chi connectivity index (χ4v) is 3.17. The zero-order valence-electron chi connectivity index (χ0n) is 13.9. The molecule has 0 aliphatic carbocycles. The topological polar surface area (TPSA) is 85.8 Å². The number of anilines is 1. The van der Waals surface area contributed by atoms with Gasteiger partial charge in [0.2, 0.25) is 0 Å². The Balaban J connectivity index is 1.43. The molecule has 0 aliphatic rings. The number of aromatic nitrogens is 4. The third kappa shape index (κ3) is 3.55. The molecule has 4 rings (SSSR count). The quantitative estimate of drug-likeness (QED) is 0.584. The minimum Gasteiger partial charge on any atom is -0.353 e. The van der Waals surface area contributed by atoms with Crippen LogP contribution in [0.2, 0.25) is 0 Å². The van der Waals surface area contributed by atoms with Crippen LogP contribution in [0.25, 0.3) is 10.8 Å². The van der Waals surface area contributed by atoms with Gasteiger partial charge in [-0.15, -0.1) is 11.3 Å². The van der Waals surface area contributed by atoms with E-state index in [9.17, 15) is 4.79 Å². The van der Waals surface area contributed by atoms with Gasteiger partial charge in [-0.25, -0.2) is 4.98 Å². The van der Waals surface area contributed by atoms with Crippen LogP contribution in [0.15, 0.2) is 58.7 Å². The molecule has 7 nitrogen and oxygen atoms in total. The molecule has 0 saturated heterocycles. The van der Waals surface area contributed by atoms with Gasteiger partial charge in [0.05, 0.1) is 18.4 Å². The Bertz CT molecular complexity index is 1030. The van der Waals surface area contributed by atoms with Gasteiger partial charge in [-0.1, -0.05) is 35.5 Å². The number of nitrogens with zero attached hydrogens (tertiary/aromatic N) is 4. The first kappa shape index (κ1) is 16.2. The lowest BCUT2D eigenvalue weighted by Crippen LogP contribution is -2.11. The summed E-state index contributed by atoms with van der Waals surface area (Å²) in [4.78, 5) is 16.7. The largest absolute Gasteiger partial charge is 0.353 e. The van der Waals surface area contributed by atoms with Crippen LogP contribution in [0, 0.1) is 6.92 Å². The Morgan fingerprint density at radius 2 is 2.15 bits per heavy atom. The molecule has 1 amide bonds. The second kappa shape index (κ2) is 6.93. The highest BCUT2D eigenvalue weighted by Gasteiger charge is 2.16. The summed E-state index contributed by atoms with van der Waals surface area (Å²) in [6, 6.07) is 11.6. The summed E-state index contributed by atoms with van der Waals surface area (Å²) in [6.07, 6.45) is 3.38. The highest BCUT2D eigenvalue weighted by atomic mass is 32.1. The molecule has 0 saturated carbocycles. The molecular formula is C18H15N5O2S. The maximum atomic E-state index is 12.3. The van der Waals surface area contributed by atoms with E-state index in [4.69, 9.17) is 4.52 Å². The molecule has 26 heavy (non-hydrogen) atoms. The molecule has 0 radical (unpaired) electrons. The number of carbonyl (C=O) groups excluding carboxylic acids is 1. The Hall–Kier alpha value is -3.26. The van der Waals surface area contributed by atoms with E-state index in [0.29, 0.717) is 23.0 Å². The fourth-order valence-electron chi connectivity index (χ4n) is 2.43. The minimum absolute atomic E-state index is 0.198. The van der Waals surface area contributed by atoms with Crippen LogP contribution >= 0.6 is 11.3 Å². The smallest absolute Gasteiger partial charge is 0.277 e. The van der Waals surface area contributed by atoms with Crippen LogP contribution in [0.1, 0.15) is 21.7 Å². The van der Waals surface area contributed by atoms with Crippen molar-refractivity contribution >= 4 is 22.9 Å². The van der Waals surface area contributed by atoms with E-state index in [-0.39, 0.29) is 11.6 Å². The normalized spacial score (nSPS) is 10.8. The second-order valence-corrected chi connectivity index (χ2v) is 6.59. The van der Waals surface area contributed by atoms with Crippen molar-refractivity contribution in [2.75, 3.05) is 5.32 Å². The Morgan fingerprint density at radius 1 is 1.31 bits per heavy atom. The number of benzene rings is 1. The van der Waals surface area contributed by atoms with E-state index in [1.165, 1.54) is 11.3 Å². The third-order valence-corrected chi connectivity index (χ3v) is 4.63. The summed E-state index contributed by atoms with van der Waals surface area (Å²) >= 11 is 1.45. The van der Waals surface area contributed by atoms with Gasteiger partial charge in [0.25, 0.3) is 5.91 Å². The van der Waals surface area contributed by atoms with E-state index in [2.05, 4.69) is 20.6 Å². The summed E-state index contributed by atoms with van der Waals surface area (Å²) in [6.45, 7) is 2.53. The molecule has 1 N–H and O–H groups in total. The Labute approximate surface area is 153 Å². The first-order chi connectivity index (χ1) is 12.7. The van der Waals surface area contributed by atoms with Gasteiger partial charge in [-0.3, -0.25) is 9.48 Å². The average Bonchev–Trinajstić information content (AvgIpc) is 3.37. The van der Waals surface area contributed by atoms with Gasteiger partial charge in [0.15, 0.2) is 16.5 Å². The van der Waals surface area contributed by atoms with E-state index in [1.807, 2.05) is 42.6 Å². The molecular weight excluding hydrogens is 350 g/mol. The number of rotatable bonds is 5. The van der Waals surface area contributed by atoms with E-state index < -0.39 is 0 Å². The van der Waals surface area contributed by atoms with Crippen molar-refractivity contribution in [3.8, 4) is 10.8 Å². The molecule has 0 spiro atoms. The number of hydrogen-bond donors (Lipinski definition) is 1. The van der Waals surface area contributed by atoms with E-state index >= 15 is 0 Å². The number of carbonyl (C=O) groups is 1. The van der Waals surface area contributed by atoms with Crippen molar-refractivity contribution in [2.24, 2.45) is 0 Å². The fraction of sp³-hybridized carbons (Fsp3) is 0.111. The molecule has 130 valence electrons. The van der Waals surface area contributed by atoms with Crippen molar-refractivity contribution < 1.29 is 9.32 Å². The SMILES string of the molecule is Cc1csc(-c2cc(C(=O)Nc3cnn(Cc4ccccc4)c3)no2)n1. The van der Waals surface area contributed by atoms with Crippen LogP contribution in [-0.4, -0.2) is 25.8 Å². The second-order valence-electron chi connectivity index (χ2n) is 5.74. The zero-order chi connectivity index (χ0) is 17.9. The van der Waals surface area contributed by atoms with E-state index in [0.717, 1.165) is 11.3 Å². The maximum Gasteiger partial charge on any atom is 0.277 e. The number of aryl methyl sites for hydroxylation is 1. The van der Waals surface area contributed by atoms with Gasteiger partial charge in [-0.05, 0) is 12.5 Å². The summed E-state index contributed by atoms with van der Waals surface area (Å²) in [7, 11) is 0. The summed E-state index contributed by atoms with van der Waals surface area (Å²) in [5.41, 5.74) is 2.83. The minimum atomic E-state index is -0.354. The number of nitrogens with one attached hydrogen (secondary N) is 1. The molecule has 4 aromatic rings. The standard InChI is InChI=1S/C18H15N5O2S/c1-12-11-26-18(20-12)16-7-15(22-25-16)17(24)21-14-8-19-23(10-14)9-13-5-3-2-4-6-13/h2-8,10-11H,9H2,1H3,(H,21,24). The zero-order valence-corrected chi connectivity index (χ0v) is 14.7. The predicted octanol–water partition coefficient (Wildman–Crippen LogP) is 3.60. The monoisotopic (exact) mass is 365 g/mol. The summed E-state index contributed by atoms with van der Waals surface area (Å²) in [5.74, 6) is 0.126. The van der Waals surface area contributed by atoms with Gasteiger partial charge >= 0.3 is 0 Å². The van der Waals surface area contributed by atoms with Crippen molar-refractivity contribution in [3.63, 3.8) is 0 Å². The molecule has 0 unspecified atom stereocenters. The molecule has 0 fully saturated rings. The van der Waals surface area contributed by atoms with Gasteiger partial charge < -0.3 is 9.84 Å². The third-order valence-electron chi connectivity index (χ3n) is 3.65. The number of amides is 1.